The zero-order valence-corrected chi connectivity index (χ0v) is 25.2. The van der Waals surface area contributed by atoms with Gasteiger partial charge in [-0.15, -0.1) is 0 Å². The topological polar surface area (TPSA) is 117 Å². The Balaban J connectivity index is 2.51. The summed E-state index contributed by atoms with van der Waals surface area (Å²) in [5.41, 5.74) is 0.0615. The lowest BCUT2D eigenvalue weighted by Gasteiger charge is -2.35. The Morgan fingerprint density at radius 2 is 1.73 bits per heavy atom. The number of hydrogen-bond acceptors (Lipinski definition) is 7. The molecule has 0 aliphatic rings. The number of rotatable bonds is 14. The summed E-state index contributed by atoms with van der Waals surface area (Å²) in [6.45, 7) is 7.56. The number of nitrogens with zero attached hydrogens (tertiary/aromatic N) is 1. The van der Waals surface area contributed by atoms with Crippen LogP contribution in [0.15, 0.2) is 48.5 Å². The van der Waals surface area contributed by atoms with Crippen molar-refractivity contribution in [2.45, 2.75) is 71.1 Å². The van der Waals surface area contributed by atoms with Crippen LogP contribution < -0.4 is 15.4 Å². The van der Waals surface area contributed by atoms with Gasteiger partial charge < -0.3 is 30.1 Å². The number of benzene rings is 2. The molecule has 40 heavy (non-hydrogen) atoms. The first-order chi connectivity index (χ1) is 19.0. The highest BCUT2D eigenvalue weighted by Crippen LogP contribution is 2.31. The van der Waals surface area contributed by atoms with Gasteiger partial charge in [-0.1, -0.05) is 38.0 Å². The monoisotopic (exact) mass is 573 g/mol. The smallest absolute Gasteiger partial charge is 0.408 e. The standard InChI is InChI=1S/C30H43N3O6S/c1-7-8-11-19-33(28(36)24(18-20-40-6)32-29(37)39-30(2,3)4)26(23-12-9-10-13-25(23)34)27(35)31-21-14-16-22(38-5)17-15-21/h9-10,12-17,24,26,34H,7-8,11,18-20H2,1-6H3,(H,31,35)(H,32,37). The van der Waals surface area contributed by atoms with Crippen molar-refractivity contribution in [3.8, 4) is 11.5 Å². The number of para-hydroxylation sites is 1. The molecule has 9 nitrogen and oxygen atoms in total. The van der Waals surface area contributed by atoms with Crippen molar-refractivity contribution in [2.24, 2.45) is 0 Å². The van der Waals surface area contributed by atoms with Gasteiger partial charge in [-0.2, -0.15) is 11.8 Å². The quantitative estimate of drug-likeness (QED) is 0.247. The van der Waals surface area contributed by atoms with Crippen LogP contribution in [0, 0.1) is 0 Å². The maximum atomic E-state index is 14.2. The molecule has 0 radical (unpaired) electrons. The van der Waals surface area contributed by atoms with E-state index in [9.17, 15) is 19.5 Å². The van der Waals surface area contributed by atoms with Gasteiger partial charge in [0.05, 0.1) is 7.11 Å². The Bertz CT molecular complexity index is 1100. The van der Waals surface area contributed by atoms with Gasteiger partial charge in [0, 0.05) is 17.8 Å². The molecule has 0 saturated carbocycles. The van der Waals surface area contributed by atoms with Crippen molar-refractivity contribution in [2.75, 3.05) is 31.0 Å². The molecule has 0 fully saturated rings. The van der Waals surface area contributed by atoms with Gasteiger partial charge in [0.1, 0.15) is 29.2 Å². The highest BCUT2D eigenvalue weighted by atomic mass is 32.2. The number of amides is 3. The minimum atomic E-state index is -1.15. The average Bonchev–Trinajstić information content (AvgIpc) is 2.90. The summed E-state index contributed by atoms with van der Waals surface area (Å²) < 4.78 is 10.6. The van der Waals surface area contributed by atoms with E-state index in [1.54, 1.807) is 82.1 Å². The van der Waals surface area contributed by atoms with Crippen LogP contribution in [0.5, 0.6) is 11.5 Å². The molecule has 0 aromatic heterocycles. The van der Waals surface area contributed by atoms with Crippen LogP contribution in [0.3, 0.4) is 0 Å². The predicted molar refractivity (Wildman–Crippen MR) is 160 cm³/mol. The first-order valence-electron chi connectivity index (χ1n) is 13.5. The molecule has 0 heterocycles. The molecule has 10 heteroatoms. The van der Waals surface area contributed by atoms with Gasteiger partial charge in [-0.3, -0.25) is 9.59 Å². The summed E-state index contributed by atoms with van der Waals surface area (Å²) in [7, 11) is 1.56. The Morgan fingerprint density at radius 1 is 1.05 bits per heavy atom. The van der Waals surface area contributed by atoms with E-state index < -0.39 is 35.6 Å². The van der Waals surface area contributed by atoms with Crippen molar-refractivity contribution in [1.82, 2.24) is 10.2 Å². The molecule has 2 unspecified atom stereocenters. The molecule has 0 saturated heterocycles. The second kappa shape index (κ2) is 16.0. The molecule has 3 N–H and O–H groups in total. The zero-order valence-electron chi connectivity index (χ0n) is 24.4. The van der Waals surface area contributed by atoms with E-state index in [-0.39, 0.29) is 12.3 Å². The van der Waals surface area contributed by atoms with E-state index in [0.717, 1.165) is 12.8 Å². The van der Waals surface area contributed by atoms with Crippen molar-refractivity contribution < 1.29 is 29.0 Å². The molecule has 0 aliphatic carbocycles. The van der Waals surface area contributed by atoms with E-state index >= 15 is 0 Å². The van der Waals surface area contributed by atoms with E-state index in [4.69, 9.17) is 9.47 Å². The number of anilines is 1. The molecule has 2 aromatic rings. The van der Waals surface area contributed by atoms with Gasteiger partial charge in [0.25, 0.3) is 5.91 Å². The first kappa shape index (κ1) is 32.8. The lowest BCUT2D eigenvalue weighted by Crippen LogP contribution is -2.52. The third kappa shape index (κ3) is 10.3. The number of nitrogens with one attached hydrogen (secondary N) is 2. The fourth-order valence-electron chi connectivity index (χ4n) is 4.10. The third-order valence-electron chi connectivity index (χ3n) is 6.03. The maximum Gasteiger partial charge on any atom is 0.408 e. The van der Waals surface area contributed by atoms with Crippen molar-refractivity contribution in [1.29, 1.82) is 0 Å². The molecule has 0 spiro atoms. The normalized spacial score (nSPS) is 12.7. The molecule has 220 valence electrons. The number of hydrogen-bond donors (Lipinski definition) is 3. The molecule has 0 aliphatic heterocycles. The fourth-order valence-corrected chi connectivity index (χ4v) is 4.57. The van der Waals surface area contributed by atoms with Crippen LogP contribution in [0.1, 0.15) is 65.0 Å². The average molecular weight is 574 g/mol. The van der Waals surface area contributed by atoms with E-state index in [2.05, 4.69) is 10.6 Å². The summed E-state index contributed by atoms with van der Waals surface area (Å²) >= 11 is 1.55. The Morgan fingerprint density at radius 3 is 2.30 bits per heavy atom. The van der Waals surface area contributed by atoms with E-state index in [1.165, 1.54) is 11.0 Å². The van der Waals surface area contributed by atoms with Crippen LogP contribution in [0.25, 0.3) is 0 Å². The first-order valence-corrected chi connectivity index (χ1v) is 14.9. The van der Waals surface area contributed by atoms with Gasteiger partial charge in [0.2, 0.25) is 5.91 Å². The van der Waals surface area contributed by atoms with Gasteiger partial charge >= 0.3 is 6.09 Å². The highest BCUT2D eigenvalue weighted by molar-refractivity contribution is 7.98. The largest absolute Gasteiger partial charge is 0.508 e. The number of phenols is 1. The Hall–Kier alpha value is -3.40. The number of methoxy groups -OCH3 is 1. The number of phenolic OH excluding ortho intramolecular Hbond substituents is 1. The molecular formula is C30H43N3O6S. The summed E-state index contributed by atoms with van der Waals surface area (Å²) in [5.74, 6) is 0.225. The molecule has 2 aromatic carbocycles. The van der Waals surface area contributed by atoms with Crippen LogP contribution in [0.4, 0.5) is 10.5 Å². The van der Waals surface area contributed by atoms with E-state index in [1.807, 2.05) is 13.2 Å². The van der Waals surface area contributed by atoms with Crippen LogP contribution >= 0.6 is 11.8 Å². The number of thioether (sulfide) groups is 1. The number of carbonyl (C=O) groups excluding carboxylic acids is 3. The van der Waals surface area contributed by atoms with Crippen LogP contribution in [-0.4, -0.2) is 65.2 Å². The second-order valence-electron chi connectivity index (χ2n) is 10.4. The second-order valence-corrected chi connectivity index (χ2v) is 11.4. The molecule has 2 atom stereocenters. The number of ether oxygens (including phenoxy) is 2. The Labute approximate surface area is 242 Å². The maximum absolute atomic E-state index is 14.2. The summed E-state index contributed by atoms with van der Waals surface area (Å²) in [5, 5.41) is 16.4. The summed E-state index contributed by atoms with van der Waals surface area (Å²) in [6.07, 6.45) is 3.95. The number of aromatic hydroxyl groups is 1. The summed E-state index contributed by atoms with van der Waals surface area (Å²) in [4.78, 5) is 42.2. The van der Waals surface area contributed by atoms with Crippen LogP contribution in [0.2, 0.25) is 0 Å². The minimum absolute atomic E-state index is 0.105. The van der Waals surface area contributed by atoms with Gasteiger partial charge in [0.15, 0.2) is 0 Å². The zero-order chi connectivity index (χ0) is 29.7. The molecule has 3 amide bonds. The molecule has 2 rings (SSSR count). The van der Waals surface area contributed by atoms with Crippen molar-refractivity contribution >= 4 is 35.4 Å². The lowest BCUT2D eigenvalue weighted by atomic mass is 10.0. The summed E-state index contributed by atoms with van der Waals surface area (Å²) in [6, 6.07) is 11.3. The number of carbonyl (C=O) groups is 3. The van der Waals surface area contributed by atoms with Crippen molar-refractivity contribution in [3.05, 3.63) is 54.1 Å². The van der Waals surface area contributed by atoms with Crippen LogP contribution in [-0.2, 0) is 14.3 Å². The van der Waals surface area contributed by atoms with E-state index in [0.29, 0.717) is 35.6 Å². The molecule has 0 bridgehead atoms. The third-order valence-corrected chi connectivity index (χ3v) is 6.68. The SMILES string of the molecule is CCCCCN(C(=O)C(CCSC)NC(=O)OC(C)(C)C)C(C(=O)Nc1ccc(OC)cc1)c1ccccc1O. The number of alkyl carbamates (subject to hydrolysis) is 1. The highest BCUT2D eigenvalue weighted by Gasteiger charge is 2.37. The lowest BCUT2D eigenvalue weighted by molar-refractivity contribution is -0.141. The minimum Gasteiger partial charge on any atom is -0.508 e. The van der Waals surface area contributed by atoms with Gasteiger partial charge in [-0.25, -0.2) is 4.79 Å². The fraction of sp³-hybridized carbons (Fsp3) is 0.500. The van der Waals surface area contributed by atoms with Gasteiger partial charge in [-0.05, 0) is 76.0 Å². The predicted octanol–water partition coefficient (Wildman–Crippen LogP) is 5.75. The Kier molecular flexibility index (Phi) is 13.1. The molecular weight excluding hydrogens is 530 g/mol. The number of unbranched alkanes of at least 4 members (excludes halogenated alkanes) is 2. The van der Waals surface area contributed by atoms with Crippen molar-refractivity contribution in [3.63, 3.8) is 0 Å².